The third kappa shape index (κ3) is 4.44. The molecule has 0 bridgehead atoms. The molecule has 0 saturated heterocycles. The fraction of sp³-hybridized carbons (Fsp3) is 0.500. The van der Waals surface area contributed by atoms with Crippen molar-refractivity contribution in [3.8, 4) is 0 Å². The van der Waals surface area contributed by atoms with Gasteiger partial charge in [0.05, 0.1) is 4.90 Å². The summed E-state index contributed by atoms with van der Waals surface area (Å²) in [7, 11) is -4.20. The molecule has 0 fully saturated rings. The van der Waals surface area contributed by atoms with E-state index in [0.29, 0.717) is 5.56 Å². The topological polar surface area (TPSA) is 71.4 Å². The van der Waals surface area contributed by atoms with E-state index in [1.807, 2.05) is 6.92 Å². The first-order valence-electron chi connectivity index (χ1n) is 6.51. The summed E-state index contributed by atoms with van der Waals surface area (Å²) in [5, 5.41) is 0. The molecular weight excluding hydrogens is 264 g/mol. The molecule has 0 saturated carbocycles. The van der Waals surface area contributed by atoms with Crippen LogP contribution >= 0.6 is 0 Å². The summed E-state index contributed by atoms with van der Waals surface area (Å²) in [4.78, 5) is 12.0. The normalized spacial score (nSPS) is 13.2. The van der Waals surface area contributed by atoms with E-state index in [2.05, 4.69) is 6.92 Å². The maximum atomic E-state index is 12.2. The number of carbonyl (C=O) groups excluding carboxylic acids is 1. The van der Waals surface area contributed by atoms with Gasteiger partial charge in [0.25, 0.3) is 10.1 Å². The first-order valence-corrected chi connectivity index (χ1v) is 7.95. The van der Waals surface area contributed by atoms with Crippen molar-refractivity contribution in [1.82, 2.24) is 0 Å². The van der Waals surface area contributed by atoms with E-state index >= 15 is 0 Å². The number of carbonyl (C=O) groups is 1. The van der Waals surface area contributed by atoms with Gasteiger partial charge >= 0.3 is 0 Å². The highest BCUT2D eigenvalue weighted by molar-refractivity contribution is 7.85. The number of hydrogen-bond donors (Lipinski definition) is 1. The average molecular weight is 284 g/mol. The Bertz CT molecular complexity index is 517. The number of ketones is 1. The zero-order valence-electron chi connectivity index (χ0n) is 11.3. The summed E-state index contributed by atoms with van der Waals surface area (Å²) >= 11 is 0. The van der Waals surface area contributed by atoms with Gasteiger partial charge in [-0.15, -0.1) is 0 Å². The molecule has 1 N–H and O–H groups in total. The maximum absolute atomic E-state index is 12.2. The molecule has 19 heavy (non-hydrogen) atoms. The highest BCUT2D eigenvalue weighted by Gasteiger charge is 2.18. The van der Waals surface area contributed by atoms with Gasteiger partial charge in [0, 0.05) is 11.5 Å². The van der Waals surface area contributed by atoms with E-state index in [-0.39, 0.29) is 16.6 Å². The fourth-order valence-electron chi connectivity index (χ4n) is 2.00. The number of hydrogen-bond acceptors (Lipinski definition) is 3. The monoisotopic (exact) mass is 284 g/mol. The lowest BCUT2D eigenvalue weighted by Crippen LogP contribution is -2.14. The molecule has 0 radical (unpaired) electrons. The van der Waals surface area contributed by atoms with Gasteiger partial charge in [-0.2, -0.15) is 8.42 Å². The van der Waals surface area contributed by atoms with E-state index in [0.717, 1.165) is 25.7 Å². The lowest BCUT2D eigenvalue weighted by Gasteiger charge is -2.13. The smallest absolute Gasteiger partial charge is 0.294 e. The highest BCUT2D eigenvalue weighted by Crippen LogP contribution is 2.20. The van der Waals surface area contributed by atoms with Gasteiger partial charge in [-0.05, 0) is 25.0 Å². The van der Waals surface area contributed by atoms with Crippen LogP contribution < -0.4 is 0 Å². The lowest BCUT2D eigenvalue weighted by molar-refractivity contribution is 0.0908. The quantitative estimate of drug-likeness (QED) is 0.615. The molecule has 0 aromatic heterocycles. The fourth-order valence-corrected chi connectivity index (χ4v) is 2.48. The Kier molecular flexibility index (Phi) is 5.69. The van der Waals surface area contributed by atoms with Gasteiger partial charge in [0.15, 0.2) is 5.78 Å². The van der Waals surface area contributed by atoms with Crippen LogP contribution in [0.25, 0.3) is 0 Å². The number of rotatable bonds is 7. The van der Waals surface area contributed by atoms with Crippen LogP contribution in [0, 0.1) is 5.92 Å². The predicted octanol–water partition coefficient (Wildman–Crippen LogP) is 3.33. The summed E-state index contributed by atoms with van der Waals surface area (Å²) in [6.07, 6.45) is 3.68. The molecule has 0 amide bonds. The van der Waals surface area contributed by atoms with Crippen molar-refractivity contribution in [2.24, 2.45) is 5.92 Å². The number of unbranched alkanes of at least 4 members (excludes halogenated alkanes) is 1. The predicted molar refractivity (Wildman–Crippen MR) is 73.9 cm³/mol. The van der Waals surface area contributed by atoms with E-state index in [4.69, 9.17) is 4.55 Å². The Morgan fingerprint density at radius 3 is 2.21 bits per heavy atom. The van der Waals surface area contributed by atoms with Crippen LogP contribution in [0.1, 0.15) is 49.9 Å². The summed E-state index contributed by atoms with van der Waals surface area (Å²) in [6.45, 7) is 4.06. The molecule has 0 aliphatic rings. The molecule has 106 valence electrons. The second-order valence-electron chi connectivity index (χ2n) is 4.61. The van der Waals surface area contributed by atoms with E-state index in [1.54, 1.807) is 0 Å². The molecular formula is C14H20O4S. The molecule has 0 heterocycles. The minimum absolute atomic E-state index is 0.0171. The second-order valence-corrected chi connectivity index (χ2v) is 6.03. The highest BCUT2D eigenvalue weighted by atomic mass is 32.2. The molecule has 1 atom stereocenters. The van der Waals surface area contributed by atoms with Gasteiger partial charge in [0.1, 0.15) is 0 Å². The van der Waals surface area contributed by atoms with E-state index in [1.165, 1.54) is 24.3 Å². The number of benzene rings is 1. The van der Waals surface area contributed by atoms with Gasteiger partial charge < -0.3 is 0 Å². The van der Waals surface area contributed by atoms with Gasteiger partial charge in [0.2, 0.25) is 0 Å². The first-order chi connectivity index (χ1) is 8.90. The van der Waals surface area contributed by atoms with Crippen LogP contribution in [-0.2, 0) is 10.1 Å². The third-order valence-electron chi connectivity index (χ3n) is 3.21. The minimum Gasteiger partial charge on any atom is -0.294 e. The molecule has 0 spiro atoms. The summed E-state index contributed by atoms with van der Waals surface area (Å²) in [6, 6.07) is 5.43. The van der Waals surface area contributed by atoms with Crippen molar-refractivity contribution >= 4 is 15.9 Å². The molecule has 4 nitrogen and oxygen atoms in total. The van der Waals surface area contributed by atoms with Crippen LogP contribution in [0.3, 0.4) is 0 Å². The Labute approximate surface area is 114 Å². The molecule has 1 aromatic rings. The van der Waals surface area contributed by atoms with Crippen LogP contribution in [0.4, 0.5) is 0 Å². The minimum atomic E-state index is -4.20. The van der Waals surface area contributed by atoms with Crippen LogP contribution in [0.5, 0.6) is 0 Å². The third-order valence-corrected chi connectivity index (χ3v) is 4.07. The standard InChI is InChI=1S/C14H20O4S/c1-3-5-6-11(4-2)14(15)12-7-9-13(10-8-12)19(16,17)18/h7-11H,3-6H2,1-2H3,(H,16,17,18). The van der Waals surface area contributed by atoms with Crippen molar-refractivity contribution in [2.45, 2.75) is 44.4 Å². The Hall–Kier alpha value is -1.20. The summed E-state index contributed by atoms with van der Waals surface area (Å²) < 4.78 is 30.7. The van der Waals surface area contributed by atoms with Crippen LogP contribution in [0.2, 0.25) is 0 Å². The Balaban J connectivity index is 2.88. The van der Waals surface area contributed by atoms with Gasteiger partial charge in [-0.3, -0.25) is 9.35 Å². The average Bonchev–Trinajstić information content (AvgIpc) is 2.38. The van der Waals surface area contributed by atoms with Crippen LogP contribution in [0.15, 0.2) is 29.2 Å². The van der Waals surface area contributed by atoms with Crippen molar-refractivity contribution in [2.75, 3.05) is 0 Å². The van der Waals surface area contributed by atoms with Gasteiger partial charge in [-0.1, -0.05) is 38.8 Å². The van der Waals surface area contributed by atoms with Crippen molar-refractivity contribution in [3.63, 3.8) is 0 Å². The SMILES string of the molecule is CCCCC(CC)C(=O)c1ccc(S(=O)(=O)O)cc1. The van der Waals surface area contributed by atoms with Gasteiger partial charge in [-0.25, -0.2) is 0 Å². The van der Waals surface area contributed by atoms with E-state index < -0.39 is 10.1 Å². The molecule has 1 unspecified atom stereocenters. The second kappa shape index (κ2) is 6.82. The molecule has 1 rings (SSSR count). The number of Topliss-reactive ketones (excluding diaryl/α,β-unsaturated/α-hetero) is 1. The molecule has 5 heteroatoms. The molecule has 0 aliphatic carbocycles. The van der Waals surface area contributed by atoms with Crippen molar-refractivity contribution in [1.29, 1.82) is 0 Å². The van der Waals surface area contributed by atoms with E-state index in [9.17, 15) is 13.2 Å². The Morgan fingerprint density at radius 1 is 1.21 bits per heavy atom. The maximum Gasteiger partial charge on any atom is 0.294 e. The largest absolute Gasteiger partial charge is 0.294 e. The summed E-state index contributed by atoms with van der Waals surface area (Å²) in [5.41, 5.74) is 0.496. The zero-order chi connectivity index (χ0) is 14.5. The zero-order valence-corrected chi connectivity index (χ0v) is 12.1. The lowest BCUT2D eigenvalue weighted by atomic mass is 9.91. The summed E-state index contributed by atoms with van der Waals surface area (Å²) in [5.74, 6) is 0.0226. The Morgan fingerprint density at radius 2 is 1.79 bits per heavy atom. The van der Waals surface area contributed by atoms with Crippen molar-refractivity contribution < 1.29 is 17.8 Å². The molecule has 0 aliphatic heterocycles. The van der Waals surface area contributed by atoms with Crippen LogP contribution in [-0.4, -0.2) is 18.8 Å². The van der Waals surface area contributed by atoms with Crippen molar-refractivity contribution in [3.05, 3.63) is 29.8 Å². The molecule has 1 aromatic carbocycles. The first kappa shape index (κ1) is 15.9.